The number of benzene rings is 1. The lowest BCUT2D eigenvalue weighted by molar-refractivity contribution is 0.0649. The molecular weight excluding hydrogens is 266 g/mol. The van der Waals surface area contributed by atoms with Gasteiger partial charge >= 0.3 is 0 Å². The predicted molar refractivity (Wildman–Crippen MR) is 86.8 cm³/mol. The molecule has 2 rings (SSSR count). The van der Waals surface area contributed by atoms with Crippen LogP contribution in [0.15, 0.2) is 24.3 Å². The molecule has 0 atom stereocenters. The molecule has 1 aliphatic rings. The van der Waals surface area contributed by atoms with Crippen LogP contribution in [0, 0.1) is 0 Å². The van der Waals surface area contributed by atoms with E-state index in [4.69, 9.17) is 15.2 Å². The summed E-state index contributed by atoms with van der Waals surface area (Å²) < 4.78 is 10.4. The fraction of sp³-hybridized carbons (Fsp3) is 0.625. The number of hydrogen-bond donors (Lipinski definition) is 1. The van der Waals surface area contributed by atoms with Crippen molar-refractivity contribution in [2.45, 2.75) is 6.42 Å². The van der Waals surface area contributed by atoms with E-state index in [1.54, 1.807) is 7.11 Å². The summed E-state index contributed by atoms with van der Waals surface area (Å²) >= 11 is 0. The average Bonchev–Trinajstić information content (AvgIpc) is 2.52. The molecule has 0 bridgehead atoms. The van der Waals surface area contributed by atoms with Crippen LogP contribution < -0.4 is 10.6 Å². The van der Waals surface area contributed by atoms with Gasteiger partial charge in [-0.1, -0.05) is 0 Å². The lowest BCUT2D eigenvalue weighted by Crippen LogP contribution is -2.46. The Morgan fingerprint density at radius 2 is 1.71 bits per heavy atom. The molecule has 0 aromatic heterocycles. The second kappa shape index (κ2) is 8.87. The molecule has 118 valence electrons. The highest BCUT2D eigenvalue weighted by Gasteiger charge is 2.16. The highest BCUT2D eigenvalue weighted by molar-refractivity contribution is 5.53. The van der Waals surface area contributed by atoms with E-state index in [0.717, 1.165) is 51.4 Å². The number of hydrogen-bond acceptors (Lipinski definition) is 5. The molecule has 1 aromatic rings. The van der Waals surface area contributed by atoms with Gasteiger partial charge in [-0.15, -0.1) is 0 Å². The summed E-state index contributed by atoms with van der Waals surface area (Å²) in [6.45, 7) is 7.69. The van der Waals surface area contributed by atoms with Gasteiger partial charge < -0.3 is 20.1 Å². The third kappa shape index (κ3) is 5.53. The van der Waals surface area contributed by atoms with Crippen LogP contribution in [0.3, 0.4) is 0 Å². The Hall–Kier alpha value is -1.30. The van der Waals surface area contributed by atoms with Crippen molar-refractivity contribution in [3.05, 3.63) is 24.3 Å². The van der Waals surface area contributed by atoms with Crippen LogP contribution in [-0.4, -0.2) is 64.6 Å². The smallest absolute Gasteiger partial charge is 0.0700 e. The standard InChI is InChI=1S/C16H27N3O2/c1-20-13-14-21-12-2-7-18-8-10-19(11-9-18)16-5-3-15(17)4-6-16/h3-6H,2,7-14,17H2,1H3. The van der Waals surface area contributed by atoms with Crippen LogP contribution in [0.5, 0.6) is 0 Å². The molecular formula is C16H27N3O2. The van der Waals surface area contributed by atoms with Crippen LogP contribution in [0.1, 0.15) is 6.42 Å². The molecule has 2 N–H and O–H groups in total. The normalized spacial score (nSPS) is 16.3. The van der Waals surface area contributed by atoms with Crippen molar-refractivity contribution in [1.29, 1.82) is 0 Å². The number of piperazine rings is 1. The number of ether oxygens (including phenoxy) is 2. The van der Waals surface area contributed by atoms with Crippen LogP contribution in [0.4, 0.5) is 11.4 Å². The van der Waals surface area contributed by atoms with E-state index >= 15 is 0 Å². The van der Waals surface area contributed by atoms with E-state index in [1.165, 1.54) is 5.69 Å². The lowest BCUT2D eigenvalue weighted by Gasteiger charge is -2.36. The minimum atomic E-state index is 0.681. The molecule has 0 amide bonds. The van der Waals surface area contributed by atoms with Crippen LogP contribution >= 0.6 is 0 Å². The number of anilines is 2. The van der Waals surface area contributed by atoms with Crippen LogP contribution in [0.2, 0.25) is 0 Å². The quantitative estimate of drug-likeness (QED) is 0.581. The molecule has 0 radical (unpaired) electrons. The minimum Gasteiger partial charge on any atom is -0.399 e. The molecule has 1 saturated heterocycles. The van der Waals surface area contributed by atoms with E-state index < -0.39 is 0 Å². The molecule has 0 unspecified atom stereocenters. The highest BCUT2D eigenvalue weighted by Crippen LogP contribution is 2.18. The van der Waals surface area contributed by atoms with Gasteiger partial charge in [0.25, 0.3) is 0 Å². The largest absolute Gasteiger partial charge is 0.399 e. The van der Waals surface area contributed by atoms with Gasteiger partial charge in [-0.25, -0.2) is 0 Å². The molecule has 0 spiro atoms. The summed E-state index contributed by atoms with van der Waals surface area (Å²) in [6.07, 6.45) is 1.09. The molecule has 5 nitrogen and oxygen atoms in total. The van der Waals surface area contributed by atoms with E-state index in [2.05, 4.69) is 21.9 Å². The zero-order valence-electron chi connectivity index (χ0n) is 13.0. The van der Waals surface area contributed by atoms with Crippen molar-refractivity contribution >= 4 is 11.4 Å². The highest BCUT2D eigenvalue weighted by atomic mass is 16.5. The number of rotatable bonds is 8. The second-order valence-corrected chi connectivity index (χ2v) is 5.38. The zero-order valence-corrected chi connectivity index (χ0v) is 13.0. The van der Waals surface area contributed by atoms with Crippen molar-refractivity contribution in [3.8, 4) is 0 Å². The van der Waals surface area contributed by atoms with Gasteiger partial charge in [0.05, 0.1) is 13.2 Å². The van der Waals surface area contributed by atoms with E-state index in [-0.39, 0.29) is 0 Å². The third-order valence-corrected chi connectivity index (χ3v) is 3.83. The monoisotopic (exact) mass is 293 g/mol. The maximum atomic E-state index is 5.73. The zero-order chi connectivity index (χ0) is 14.9. The van der Waals surface area contributed by atoms with Crippen molar-refractivity contribution in [1.82, 2.24) is 4.90 Å². The summed E-state index contributed by atoms with van der Waals surface area (Å²) in [6, 6.07) is 8.15. The number of nitrogens with two attached hydrogens (primary N) is 1. The van der Waals surface area contributed by atoms with Gasteiger partial charge in [-0.3, -0.25) is 4.90 Å². The molecule has 1 aliphatic heterocycles. The number of nitrogens with zero attached hydrogens (tertiary/aromatic N) is 2. The maximum absolute atomic E-state index is 5.73. The Kier molecular flexibility index (Phi) is 6.79. The van der Waals surface area contributed by atoms with Crippen molar-refractivity contribution in [2.24, 2.45) is 0 Å². The molecule has 0 aliphatic carbocycles. The Morgan fingerprint density at radius 3 is 2.38 bits per heavy atom. The number of methoxy groups -OCH3 is 1. The Labute approximate surface area is 127 Å². The number of nitrogen functional groups attached to an aromatic ring is 1. The van der Waals surface area contributed by atoms with Crippen LogP contribution in [0.25, 0.3) is 0 Å². The van der Waals surface area contributed by atoms with Crippen molar-refractivity contribution < 1.29 is 9.47 Å². The van der Waals surface area contributed by atoms with Crippen molar-refractivity contribution in [2.75, 3.05) is 70.3 Å². The molecule has 1 heterocycles. The molecule has 5 heteroatoms. The fourth-order valence-electron chi connectivity index (χ4n) is 2.55. The SMILES string of the molecule is COCCOCCCN1CCN(c2ccc(N)cc2)CC1. The van der Waals surface area contributed by atoms with Gasteiger partial charge in [-0.2, -0.15) is 0 Å². The lowest BCUT2D eigenvalue weighted by atomic mass is 10.2. The minimum absolute atomic E-state index is 0.681. The third-order valence-electron chi connectivity index (χ3n) is 3.83. The second-order valence-electron chi connectivity index (χ2n) is 5.38. The molecule has 21 heavy (non-hydrogen) atoms. The summed E-state index contributed by atoms with van der Waals surface area (Å²) in [5, 5.41) is 0. The summed E-state index contributed by atoms with van der Waals surface area (Å²) in [7, 11) is 1.70. The van der Waals surface area contributed by atoms with E-state index in [1.807, 2.05) is 12.1 Å². The first-order chi connectivity index (χ1) is 10.3. The summed E-state index contributed by atoms with van der Waals surface area (Å²) in [4.78, 5) is 4.93. The first kappa shape index (κ1) is 16.1. The Bertz CT molecular complexity index is 389. The van der Waals surface area contributed by atoms with Gasteiger partial charge in [-0.05, 0) is 30.7 Å². The Balaban J connectivity index is 1.61. The summed E-state index contributed by atoms with van der Waals surface area (Å²) in [5.41, 5.74) is 7.83. The van der Waals surface area contributed by atoms with Crippen molar-refractivity contribution in [3.63, 3.8) is 0 Å². The predicted octanol–water partition coefficient (Wildman–Crippen LogP) is 1.44. The molecule has 0 saturated carbocycles. The van der Waals surface area contributed by atoms with Crippen LogP contribution in [-0.2, 0) is 9.47 Å². The fourth-order valence-corrected chi connectivity index (χ4v) is 2.55. The van der Waals surface area contributed by atoms with E-state index in [0.29, 0.717) is 13.2 Å². The van der Waals surface area contributed by atoms with Gasteiger partial charge in [0.1, 0.15) is 0 Å². The molecule has 1 aromatic carbocycles. The topological polar surface area (TPSA) is 51.0 Å². The first-order valence-electron chi connectivity index (χ1n) is 7.69. The maximum Gasteiger partial charge on any atom is 0.0700 e. The first-order valence-corrected chi connectivity index (χ1v) is 7.69. The van der Waals surface area contributed by atoms with Gasteiger partial charge in [0.15, 0.2) is 0 Å². The Morgan fingerprint density at radius 1 is 1.00 bits per heavy atom. The summed E-state index contributed by atoms with van der Waals surface area (Å²) in [5.74, 6) is 0. The molecule has 1 fully saturated rings. The van der Waals surface area contributed by atoms with Gasteiger partial charge in [0, 0.05) is 57.8 Å². The van der Waals surface area contributed by atoms with Gasteiger partial charge in [0.2, 0.25) is 0 Å². The van der Waals surface area contributed by atoms with E-state index in [9.17, 15) is 0 Å². The average molecular weight is 293 g/mol.